The van der Waals surface area contributed by atoms with Crippen molar-refractivity contribution in [2.75, 3.05) is 0 Å². The van der Waals surface area contributed by atoms with Crippen molar-refractivity contribution >= 4 is 26.5 Å². The minimum Gasteiger partial charge on any atom is -0.508 e. The molecule has 0 bridgehead atoms. The SMILES string of the molecule is Oc1ccc(-c2nnc3sc4ccccc4n23)cc1. The van der Waals surface area contributed by atoms with Crippen LogP contribution < -0.4 is 0 Å². The molecule has 4 rings (SSSR count). The highest BCUT2D eigenvalue weighted by Gasteiger charge is 2.13. The van der Waals surface area contributed by atoms with E-state index in [0.29, 0.717) is 0 Å². The van der Waals surface area contributed by atoms with E-state index < -0.39 is 0 Å². The fraction of sp³-hybridized carbons (Fsp3) is 0. The third-order valence-corrected chi connectivity index (χ3v) is 4.08. The van der Waals surface area contributed by atoms with Crippen LogP contribution in [0.15, 0.2) is 48.5 Å². The van der Waals surface area contributed by atoms with Gasteiger partial charge in [-0.25, -0.2) is 0 Å². The van der Waals surface area contributed by atoms with E-state index in [2.05, 4.69) is 22.3 Å². The van der Waals surface area contributed by atoms with Gasteiger partial charge in [-0.15, -0.1) is 10.2 Å². The van der Waals surface area contributed by atoms with E-state index in [4.69, 9.17) is 0 Å². The van der Waals surface area contributed by atoms with Crippen LogP contribution in [0.1, 0.15) is 0 Å². The van der Waals surface area contributed by atoms with Crippen molar-refractivity contribution in [1.82, 2.24) is 14.6 Å². The highest BCUT2D eigenvalue weighted by molar-refractivity contribution is 7.23. The number of para-hydroxylation sites is 1. The predicted molar refractivity (Wildman–Crippen MR) is 75.5 cm³/mol. The molecule has 0 unspecified atom stereocenters. The van der Waals surface area contributed by atoms with Gasteiger partial charge in [-0.2, -0.15) is 0 Å². The molecule has 0 spiro atoms. The summed E-state index contributed by atoms with van der Waals surface area (Å²) in [6.45, 7) is 0. The zero-order valence-corrected chi connectivity index (χ0v) is 10.6. The van der Waals surface area contributed by atoms with E-state index in [9.17, 15) is 5.11 Å². The second-order valence-electron chi connectivity index (χ2n) is 4.26. The molecule has 2 aromatic heterocycles. The summed E-state index contributed by atoms with van der Waals surface area (Å²) in [5, 5.41) is 17.8. The van der Waals surface area contributed by atoms with Crippen LogP contribution in [0.3, 0.4) is 0 Å². The average molecular weight is 267 g/mol. The van der Waals surface area contributed by atoms with Gasteiger partial charge in [0.25, 0.3) is 0 Å². The largest absolute Gasteiger partial charge is 0.508 e. The average Bonchev–Trinajstić information content (AvgIpc) is 2.98. The van der Waals surface area contributed by atoms with E-state index in [1.165, 1.54) is 4.70 Å². The third kappa shape index (κ3) is 1.52. The molecular weight excluding hydrogens is 258 g/mol. The number of rotatable bonds is 1. The molecule has 0 saturated heterocycles. The highest BCUT2D eigenvalue weighted by atomic mass is 32.1. The summed E-state index contributed by atoms with van der Waals surface area (Å²) in [4.78, 5) is 0.879. The van der Waals surface area contributed by atoms with Crippen LogP contribution in [0, 0.1) is 0 Å². The molecule has 0 radical (unpaired) electrons. The summed E-state index contributed by atoms with van der Waals surface area (Å²) >= 11 is 1.62. The lowest BCUT2D eigenvalue weighted by atomic mass is 10.2. The molecule has 5 heteroatoms. The molecule has 0 fully saturated rings. The first-order valence-electron chi connectivity index (χ1n) is 5.85. The number of hydrogen-bond donors (Lipinski definition) is 1. The van der Waals surface area contributed by atoms with E-state index in [1.807, 2.05) is 28.7 Å². The van der Waals surface area contributed by atoms with Crippen molar-refractivity contribution in [2.24, 2.45) is 0 Å². The lowest BCUT2D eigenvalue weighted by molar-refractivity contribution is 0.475. The molecule has 2 heterocycles. The molecular formula is C14H9N3OS. The highest BCUT2D eigenvalue weighted by Crippen LogP contribution is 2.30. The van der Waals surface area contributed by atoms with E-state index in [-0.39, 0.29) is 5.75 Å². The molecule has 4 nitrogen and oxygen atoms in total. The number of fused-ring (bicyclic) bond motifs is 3. The van der Waals surface area contributed by atoms with Gasteiger partial charge in [0.2, 0.25) is 4.96 Å². The molecule has 4 aromatic rings. The second kappa shape index (κ2) is 3.80. The molecule has 2 aromatic carbocycles. The van der Waals surface area contributed by atoms with Gasteiger partial charge >= 0.3 is 0 Å². The van der Waals surface area contributed by atoms with Gasteiger partial charge in [-0.05, 0) is 36.4 Å². The Balaban J connectivity index is 2.06. The first-order chi connectivity index (χ1) is 9.33. The lowest BCUT2D eigenvalue weighted by Gasteiger charge is -1.99. The lowest BCUT2D eigenvalue weighted by Crippen LogP contribution is -1.87. The minimum atomic E-state index is 0.250. The third-order valence-electron chi connectivity index (χ3n) is 3.07. The van der Waals surface area contributed by atoms with Crippen molar-refractivity contribution in [3.63, 3.8) is 0 Å². The molecule has 1 N–H and O–H groups in total. The molecule has 0 aliphatic carbocycles. The van der Waals surface area contributed by atoms with Gasteiger partial charge in [-0.1, -0.05) is 23.5 Å². The standard InChI is InChI=1S/C14H9N3OS/c18-10-7-5-9(6-8-10)13-15-16-14-17(13)11-3-1-2-4-12(11)19-14/h1-8,18H. The van der Waals surface area contributed by atoms with Crippen molar-refractivity contribution in [3.8, 4) is 17.1 Å². The van der Waals surface area contributed by atoms with E-state index >= 15 is 0 Å². The summed E-state index contributed by atoms with van der Waals surface area (Å²) in [5.74, 6) is 1.05. The Morgan fingerprint density at radius 3 is 2.58 bits per heavy atom. The monoisotopic (exact) mass is 267 g/mol. The topological polar surface area (TPSA) is 50.4 Å². The van der Waals surface area contributed by atoms with Gasteiger partial charge in [0.1, 0.15) is 5.75 Å². The normalized spacial score (nSPS) is 11.4. The summed E-state index contributed by atoms with van der Waals surface area (Å²) < 4.78 is 3.24. The zero-order valence-electron chi connectivity index (χ0n) is 9.82. The van der Waals surface area contributed by atoms with Crippen LogP contribution in [0.4, 0.5) is 0 Å². The van der Waals surface area contributed by atoms with Crippen molar-refractivity contribution in [2.45, 2.75) is 0 Å². The Bertz CT molecular complexity index is 877. The molecule has 0 aliphatic rings. The first kappa shape index (κ1) is 10.5. The number of thiazole rings is 1. The van der Waals surface area contributed by atoms with Gasteiger partial charge in [-0.3, -0.25) is 4.40 Å². The van der Waals surface area contributed by atoms with Crippen LogP contribution in [0.5, 0.6) is 5.75 Å². The molecule has 0 amide bonds. The van der Waals surface area contributed by atoms with Crippen molar-refractivity contribution in [1.29, 1.82) is 0 Å². The predicted octanol–water partition coefficient (Wildman–Crippen LogP) is 3.32. The Morgan fingerprint density at radius 1 is 0.947 bits per heavy atom. The number of phenols is 1. The first-order valence-corrected chi connectivity index (χ1v) is 6.67. The summed E-state index contributed by atoms with van der Waals surface area (Å²) in [6.07, 6.45) is 0. The number of aromatic nitrogens is 3. The van der Waals surface area contributed by atoms with Gasteiger partial charge in [0.05, 0.1) is 10.2 Å². The van der Waals surface area contributed by atoms with Gasteiger partial charge < -0.3 is 5.11 Å². The molecule has 0 atom stereocenters. The molecule has 0 saturated carbocycles. The molecule has 19 heavy (non-hydrogen) atoms. The van der Waals surface area contributed by atoms with Crippen molar-refractivity contribution in [3.05, 3.63) is 48.5 Å². The summed E-state index contributed by atoms with van der Waals surface area (Å²) in [6, 6.07) is 15.2. The Kier molecular flexibility index (Phi) is 2.10. The molecule has 92 valence electrons. The quantitative estimate of drug-likeness (QED) is 0.575. The number of aromatic hydroxyl groups is 1. The fourth-order valence-corrected chi connectivity index (χ4v) is 3.14. The summed E-state index contributed by atoms with van der Waals surface area (Å²) in [7, 11) is 0. The van der Waals surface area contributed by atoms with Crippen molar-refractivity contribution < 1.29 is 5.11 Å². The Labute approximate surface area is 112 Å². The number of nitrogens with zero attached hydrogens (tertiary/aromatic N) is 3. The van der Waals surface area contributed by atoms with Crippen LogP contribution in [-0.4, -0.2) is 19.7 Å². The van der Waals surface area contributed by atoms with Crippen LogP contribution in [0.2, 0.25) is 0 Å². The minimum absolute atomic E-state index is 0.250. The van der Waals surface area contributed by atoms with E-state index in [0.717, 1.165) is 21.9 Å². The maximum atomic E-state index is 9.36. The number of benzene rings is 2. The second-order valence-corrected chi connectivity index (χ2v) is 5.27. The smallest absolute Gasteiger partial charge is 0.217 e. The van der Waals surface area contributed by atoms with Crippen LogP contribution in [-0.2, 0) is 0 Å². The van der Waals surface area contributed by atoms with Crippen LogP contribution in [0.25, 0.3) is 26.6 Å². The van der Waals surface area contributed by atoms with Crippen LogP contribution >= 0.6 is 11.3 Å². The Morgan fingerprint density at radius 2 is 1.74 bits per heavy atom. The summed E-state index contributed by atoms with van der Waals surface area (Å²) in [5.41, 5.74) is 2.05. The molecule has 0 aliphatic heterocycles. The van der Waals surface area contributed by atoms with Gasteiger partial charge in [0.15, 0.2) is 5.82 Å². The number of phenolic OH excluding ortho intramolecular Hbond substituents is 1. The Hall–Kier alpha value is -2.40. The number of hydrogen-bond acceptors (Lipinski definition) is 4. The maximum absolute atomic E-state index is 9.36. The maximum Gasteiger partial charge on any atom is 0.217 e. The fourth-order valence-electron chi connectivity index (χ4n) is 2.18. The van der Waals surface area contributed by atoms with E-state index in [1.54, 1.807) is 23.5 Å². The van der Waals surface area contributed by atoms with Gasteiger partial charge in [0, 0.05) is 5.56 Å². The zero-order chi connectivity index (χ0) is 12.8.